The van der Waals surface area contributed by atoms with Crippen LogP contribution in [0.4, 0.5) is 5.69 Å². The monoisotopic (exact) mass is 865 g/mol. The number of carbonyl (C=O) groups is 2. The molecule has 2 saturated heterocycles. The molecular formula is C49H50B2ClNO8Si. The van der Waals surface area contributed by atoms with E-state index in [1.807, 2.05) is 72.8 Å². The molecule has 13 heteroatoms. The molecule has 2 amide bonds. The fraction of sp³-hybridized carbons (Fsp3) is 0.265. The average Bonchev–Trinajstić information content (AvgIpc) is 3.51. The van der Waals surface area contributed by atoms with E-state index < -0.39 is 52.3 Å². The van der Waals surface area contributed by atoms with Crippen LogP contribution in [0.15, 0.2) is 145 Å². The van der Waals surface area contributed by atoms with E-state index in [1.165, 1.54) is 23.1 Å². The highest BCUT2D eigenvalue weighted by molar-refractivity contribution is 6.99. The molecule has 0 radical (unpaired) electrons. The lowest BCUT2D eigenvalue weighted by Gasteiger charge is -2.46. The minimum atomic E-state index is -3.08. The maximum atomic E-state index is 14.7. The molecule has 5 aromatic carbocycles. The van der Waals surface area contributed by atoms with Crippen LogP contribution >= 0.6 is 11.6 Å². The van der Waals surface area contributed by atoms with Gasteiger partial charge in [-0.05, 0) is 117 Å². The molecule has 0 saturated carbocycles. The summed E-state index contributed by atoms with van der Waals surface area (Å²) in [5, 5.41) is 43.8. The third kappa shape index (κ3) is 8.41. The van der Waals surface area contributed by atoms with Crippen molar-refractivity contribution in [3.63, 3.8) is 0 Å². The van der Waals surface area contributed by atoms with Crippen LogP contribution in [-0.2, 0) is 18.7 Å². The standard InChI is InChI=1S/C49H50B2ClNO8Si/c1-49(2,3)62(39-18-9-5-10-19-39,40-20-11-6-12-21-40)60-31-35-27-41-46(48(56)53(47(41)55)37-17-13-16-36(28-37)51(58)59)42-30-50(57)61-44(45(35)42)25-23-33(32-14-7-4-8-15-32)26-34-22-24-38(54)29-43(34)52/h4-22,24,26,28-29,41-42,44,46,54,57-59H,23,25,27,30-31H2,1-3H3/b33-26-/t41-,42+,44-,46-/m1/s1. The summed E-state index contributed by atoms with van der Waals surface area (Å²) in [5.74, 6) is -2.75. The maximum absolute atomic E-state index is 14.7. The van der Waals surface area contributed by atoms with Crippen molar-refractivity contribution in [2.45, 2.75) is 57.5 Å². The minimum absolute atomic E-state index is 0.0663. The second kappa shape index (κ2) is 18.0. The number of hydrogen-bond acceptors (Lipinski definition) is 8. The zero-order valence-corrected chi connectivity index (χ0v) is 36.8. The zero-order chi connectivity index (χ0) is 43.8. The van der Waals surface area contributed by atoms with E-state index in [-0.39, 0.29) is 47.2 Å². The van der Waals surface area contributed by atoms with Crippen LogP contribution in [0.1, 0.15) is 51.2 Å². The van der Waals surface area contributed by atoms with Gasteiger partial charge in [0, 0.05) is 0 Å². The topological polar surface area (TPSA) is 137 Å². The van der Waals surface area contributed by atoms with Crippen molar-refractivity contribution in [3.8, 4) is 5.75 Å². The predicted octanol–water partition coefficient (Wildman–Crippen LogP) is 6.62. The molecule has 9 nitrogen and oxygen atoms in total. The SMILES string of the molecule is CC(C)(C)[Si](OCC1=C2[C@@H](CC/C(=C/c3ccc(O)cc3Cl)c3ccccc3)OB(O)C[C@@H]2[C@@H]2C(=O)N(c3cccc(B(O)O)c3)C(=O)[C@@H]2C1)(c1ccccc1)c1ccccc1. The zero-order valence-electron chi connectivity index (χ0n) is 35.0. The Kier molecular flexibility index (Phi) is 12.6. The molecule has 3 aliphatic rings. The Morgan fingerprint density at radius 1 is 0.871 bits per heavy atom. The van der Waals surface area contributed by atoms with Crippen LogP contribution in [0.3, 0.4) is 0 Å². The van der Waals surface area contributed by atoms with E-state index in [1.54, 1.807) is 24.3 Å². The van der Waals surface area contributed by atoms with Crippen LogP contribution in [0, 0.1) is 17.8 Å². The number of phenols is 1. The Labute approximate surface area is 369 Å². The molecule has 1 aliphatic carbocycles. The predicted molar refractivity (Wildman–Crippen MR) is 249 cm³/mol. The van der Waals surface area contributed by atoms with Gasteiger partial charge < -0.3 is 29.3 Å². The third-order valence-corrected chi connectivity index (χ3v) is 18.1. The quantitative estimate of drug-likeness (QED) is 0.0476. The Balaban J connectivity index is 1.23. The van der Waals surface area contributed by atoms with Gasteiger partial charge in [0.25, 0.3) is 8.32 Å². The van der Waals surface area contributed by atoms with E-state index >= 15 is 0 Å². The summed E-state index contributed by atoms with van der Waals surface area (Å²) in [4.78, 5) is 30.5. The van der Waals surface area contributed by atoms with Crippen molar-refractivity contribution in [3.05, 3.63) is 161 Å². The lowest BCUT2D eigenvalue weighted by molar-refractivity contribution is -0.122. The molecule has 0 spiro atoms. The maximum Gasteiger partial charge on any atom is 0.488 e. The first-order chi connectivity index (χ1) is 29.8. The van der Waals surface area contributed by atoms with Crippen molar-refractivity contribution < 1.29 is 38.8 Å². The highest BCUT2D eigenvalue weighted by atomic mass is 35.5. The van der Waals surface area contributed by atoms with Gasteiger partial charge in [-0.15, -0.1) is 0 Å². The number of allylic oxidation sites excluding steroid dienone is 1. The second-order valence-electron chi connectivity index (χ2n) is 17.5. The summed E-state index contributed by atoms with van der Waals surface area (Å²) in [6.07, 6.45) is 2.67. The van der Waals surface area contributed by atoms with E-state index in [4.69, 9.17) is 20.7 Å². The molecule has 316 valence electrons. The van der Waals surface area contributed by atoms with Gasteiger partial charge in [0.15, 0.2) is 0 Å². The van der Waals surface area contributed by atoms with Gasteiger partial charge in [-0.25, -0.2) is 0 Å². The molecule has 0 bridgehead atoms. The molecule has 5 aromatic rings. The van der Waals surface area contributed by atoms with Crippen molar-refractivity contribution >= 4 is 79.1 Å². The van der Waals surface area contributed by atoms with Gasteiger partial charge in [0.05, 0.1) is 35.3 Å². The van der Waals surface area contributed by atoms with Crippen LogP contribution in [0.2, 0.25) is 16.4 Å². The molecule has 0 unspecified atom stereocenters. The smallest absolute Gasteiger partial charge is 0.488 e. The average molecular weight is 866 g/mol. The van der Waals surface area contributed by atoms with E-state index in [9.17, 15) is 29.8 Å². The number of benzene rings is 5. The summed E-state index contributed by atoms with van der Waals surface area (Å²) in [6.45, 7) is 6.82. The van der Waals surface area contributed by atoms with Gasteiger partial charge in [-0.1, -0.05) is 136 Å². The van der Waals surface area contributed by atoms with Crippen molar-refractivity contribution in [1.82, 2.24) is 0 Å². The first-order valence-electron chi connectivity index (χ1n) is 21.2. The van der Waals surface area contributed by atoms with Crippen molar-refractivity contribution in [2.75, 3.05) is 11.5 Å². The molecular weight excluding hydrogens is 816 g/mol. The number of hydrogen-bond donors (Lipinski definition) is 4. The molecule has 2 heterocycles. The van der Waals surface area contributed by atoms with E-state index in [0.717, 1.165) is 38.2 Å². The normalized spacial score (nSPS) is 20.7. The third-order valence-electron chi connectivity index (χ3n) is 12.7. The number of halogens is 1. The van der Waals surface area contributed by atoms with Crippen molar-refractivity contribution in [2.24, 2.45) is 17.8 Å². The summed E-state index contributed by atoms with van der Waals surface area (Å²) in [5.41, 5.74) is 4.86. The molecule has 8 rings (SSSR count). The Morgan fingerprint density at radius 3 is 2.13 bits per heavy atom. The summed E-state index contributed by atoms with van der Waals surface area (Å²) >= 11 is 6.62. The molecule has 4 atom stereocenters. The van der Waals surface area contributed by atoms with Crippen LogP contribution in [0.25, 0.3) is 11.6 Å². The van der Waals surface area contributed by atoms with E-state index in [2.05, 4.69) is 45.0 Å². The number of rotatable bonds is 12. The number of aromatic hydroxyl groups is 1. The number of anilines is 1. The van der Waals surface area contributed by atoms with E-state index in [0.29, 0.717) is 17.9 Å². The van der Waals surface area contributed by atoms with Gasteiger partial charge in [0.2, 0.25) is 11.8 Å². The number of carbonyl (C=O) groups excluding carboxylic acids is 2. The fourth-order valence-electron chi connectivity index (χ4n) is 9.99. The summed E-state index contributed by atoms with van der Waals surface area (Å²) in [7, 11) is -6.06. The minimum Gasteiger partial charge on any atom is -0.508 e. The lowest BCUT2D eigenvalue weighted by Crippen LogP contribution is -2.66. The molecule has 2 aliphatic heterocycles. The van der Waals surface area contributed by atoms with Crippen LogP contribution in [0.5, 0.6) is 5.75 Å². The summed E-state index contributed by atoms with van der Waals surface area (Å²) < 4.78 is 14.0. The van der Waals surface area contributed by atoms with Gasteiger partial charge in [0.1, 0.15) is 5.75 Å². The largest absolute Gasteiger partial charge is 0.508 e. The van der Waals surface area contributed by atoms with Crippen LogP contribution in [-0.4, -0.2) is 67.3 Å². The fourth-order valence-corrected chi connectivity index (χ4v) is 14.8. The van der Waals surface area contributed by atoms with Gasteiger partial charge in [-0.2, -0.15) is 0 Å². The number of imide groups is 1. The molecule has 4 N–H and O–H groups in total. The highest BCUT2D eigenvalue weighted by Gasteiger charge is 2.58. The number of nitrogens with zero attached hydrogens (tertiary/aromatic N) is 1. The number of phenolic OH excluding ortho intramolecular Hbond substituents is 1. The Bertz CT molecular complexity index is 2460. The van der Waals surface area contributed by atoms with Gasteiger partial charge in [-0.3, -0.25) is 14.5 Å². The first-order valence-corrected chi connectivity index (χ1v) is 23.4. The van der Waals surface area contributed by atoms with Crippen LogP contribution < -0.4 is 20.7 Å². The first kappa shape index (κ1) is 43.6. The Hall–Kier alpha value is -5.04. The molecule has 2 fully saturated rings. The molecule has 62 heavy (non-hydrogen) atoms. The molecule has 0 aromatic heterocycles. The highest BCUT2D eigenvalue weighted by Crippen LogP contribution is 2.52. The van der Waals surface area contributed by atoms with Crippen molar-refractivity contribution in [1.29, 1.82) is 0 Å². The lowest BCUT2D eigenvalue weighted by atomic mass is 9.58. The Morgan fingerprint density at radius 2 is 1.52 bits per heavy atom. The second-order valence-corrected chi connectivity index (χ2v) is 22.2. The summed E-state index contributed by atoms with van der Waals surface area (Å²) in [6, 6.07) is 41.7. The number of fused-ring (bicyclic) bond motifs is 3. The number of amides is 2. The van der Waals surface area contributed by atoms with Gasteiger partial charge >= 0.3 is 14.2 Å².